The molecule has 3 rings (SSSR count). The number of rotatable bonds is 7. The monoisotopic (exact) mass is 380 g/mol. The van der Waals surface area contributed by atoms with E-state index in [1.54, 1.807) is 0 Å². The summed E-state index contributed by atoms with van der Waals surface area (Å²) in [5.41, 5.74) is 5.86. The van der Waals surface area contributed by atoms with Crippen molar-refractivity contribution in [3.8, 4) is 0 Å². The maximum atomic E-state index is 8.58. The molecule has 2 aliphatic rings. The second kappa shape index (κ2) is 9.05. The van der Waals surface area contributed by atoms with Crippen molar-refractivity contribution in [3.05, 3.63) is 27.9 Å². The van der Waals surface area contributed by atoms with Gasteiger partial charge in [-0.05, 0) is 62.5 Å². The van der Waals surface area contributed by atoms with Gasteiger partial charge in [-0.1, -0.05) is 39.0 Å². The number of hydrogen-bond acceptors (Lipinski definition) is 1. The average molecular weight is 381 g/mol. The Morgan fingerprint density at radius 2 is 1.35 bits per heavy atom. The Kier molecular flexibility index (Phi) is 7.39. The first-order chi connectivity index (χ1) is 10.8. The summed E-state index contributed by atoms with van der Waals surface area (Å²) >= 11 is 0. The number of unbranched alkanes of at least 4 members (excludes halogenated alkanes) is 5. The van der Waals surface area contributed by atoms with Crippen LogP contribution in [0.2, 0.25) is 0 Å². The number of halogens is 1. The fraction of sp³-hybridized carbons (Fsp3) is 0.750. The molecular weight excluding hydrogens is 348 g/mol. The number of pyridine rings is 1. The molecule has 0 amide bonds. The maximum Gasteiger partial charge on any atom is 0.0638 e. The second-order valence-corrected chi connectivity index (χ2v) is 7.21. The highest BCUT2D eigenvalue weighted by atomic mass is 79.9. The van der Waals surface area contributed by atoms with Crippen molar-refractivity contribution in [2.75, 3.05) is 0 Å². The smallest absolute Gasteiger partial charge is 0.0638 e. The molecule has 0 atom stereocenters. The van der Waals surface area contributed by atoms with E-state index in [2.05, 4.69) is 11.5 Å². The van der Waals surface area contributed by atoms with Gasteiger partial charge in [-0.3, -0.25) is 0 Å². The molecular formula is C20H33BrN2. The minimum absolute atomic E-state index is 0. The van der Waals surface area contributed by atoms with Gasteiger partial charge in [0.15, 0.2) is 0 Å². The lowest BCUT2D eigenvalue weighted by Crippen LogP contribution is -2.27. The molecule has 3 heteroatoms. The Morgan fingerprint density at radius 3 is 2.09 bits per heavy atom. The minimum atomic E-state index is 0. The van der Waals surface area contributed by atoms with E-state index >= 15 is 0 Å². The quantitative estimate of drug-likeness (QED) is 0.623. The summed E-state index contributed by atoms with van der Waals surface area (Å²) in [6.07, 6.45) is 16.8. The van der Waals surface area contributed by atoms with Crippen LogP contribution in [-0.2, 0) is 32.2 Å². The lowest BCUT2D eigenvalue weighted by molar-refractivity contribution is 0.514. The van der Waals surface area contributed by atoms with Crippen LogP contribution in [0.4, 0.5) is 0 Å². The molecule has 0 aromatic carbocycles. The zero-order valence-electron chi connectivity index (χ0n) is 14.8. The molecule has 1 aromatic rings. The fourth-order valence-electron chi connectivity index (χ4n) is 4.42. The van der Waals surface area contributed by atoms with E-state index in [-0.39, 0.29) is 17.0 Å². The first-order valence-corrected chi connectivity index (χ1v) is 9.63. The third-order valence-electron chi connectivity index (χ3n) is 5.62. The molecule has 2 aliphatic carbocycles. The highest BCUT2D eigenvalue weighted by Gasteiger charge is 2.23. The van der Waals surface area contributed by atoms with E-state index in [9.17, 15) is 0 Å². The van der Waals surface area contributed by atoms with Crippen LogP contribution in [-0.4, -0.2) is 4.57 Å². The number of aromatic nitrogens is 1. The predicted molar refractivity (Wildman–Crippen MR) is 103 cm³/mol. The predicted octanol–water partition coefficient (Wildman–Crippen LogP) is 5.27. The molecule has 0 bridgehead atoms. The number of hydrogen-bond donors (Lipinski definition) is 1. The van der Waals surface area contributed by atoms with E-state index in [1.807, 2.05) is 0 Å². The van der Waals surface area contributed by atoms with Gasteiger partial charge in [-0.2, -0.15) is 0 Å². The van der Waals surface area contributed by atoms with Crippen LogP contribution in [0, 0.1) is 5.41 Å². The second-order valence-electron chi connectivity index (χ2n) is 7.21. The zero-order chi connectivity index (χ0) is 15.4. The van der Waals surface area contributed by atoms with Crippen LogP contribution in [0.15, 0.2) is 0 Å². The summed E-state index contributed by atoms with van der Waals surface area (Å²) in [7, 11) is 0. The lowest BCUT2D eigenvalue weighted by Gasteiger charge is -2.26. The van der Waals surface area contributed by atoms with Gasteiger partial charge in [0.05, 0.1) is 5.36 Å². The zero-order valence-corrected chi connectivity index (χ0v) is 16.5. The fourth-order valence-corrected chi connectivity index (χ4v) is 4.42. The van der Waals surface area contributed by atoms with E-state index in [0.717, 1.165) is 18.2 Å². The van der Waals surface area contributed by atoms with E-state index < -0.39 is 0 Å². The first-order valence-electron chi connectivity index (χ1n) is 9.63. The summed E-state index contributed by atoms with van der Waals surface area (Å²) in [6.45, 7) is 3.49. The highest BCUT2D eigenvalue weighted by Crippen LogP contribution is 2.27. The van der Waals surface area contributed by atoms with Crippen molar-refractivity contribution in [1.29, 1.82) is 5.41 Å². The van der Waals surface area contributed by atoms with Crippen molar-refractivity contribution in [2.24, 2.45) is 0 Å². The normalized spacial score (nSPS) is 15.9. The average Bonchev–Trinajstić information content (AvgIpc) is 3.03. The molecule has 1 aromatic heterocycles. The Morgan fingerprint density at radius 1 is 0.783 bits per heavy atom. The van der Waals surface area contributed by atoms with Gasteiger partial charge in [0.2, 0.25) is 0 Å². The molecule has 1 heterocycles. The molecule has 0 radical (unpaired) electrons. The number of nitrogens with one attached hydrogen (secondary N) is 1. The first kappa shape index (κ1) is 18.8. The van der Waals surface area contributed by atoms with E-state index in [4.69, 9.17) is 5.41 Å². The van der Waals surface area contributed by atoms with E-state index in [1.165, 1.54) is 99.7 Å². The van der Waals surface area contributed by atoms with Crippen LogP contribution < -0.4 is 5.36 Å². The van der Waals surface area contributed by atoms with Crippen LogP contribution >= 0.6 is 17.0 Å². The standard InChI is InChI=1S/C20H32N2.BrH/c1-2-3-4-5-6-9-15-22-18-13-8-7-11-16(18)20(21)17-12-10-14-19(17)22;/h21H,2-15H2,1H3;1H. The van der Waals surface area contributed by atoms with Crippen molar-refractivity contribution in [2.45, 2.75) is 96.9 Å². The van der Waals surface area contributed by atoms with E-state index in [0.29, 0.717) is 0 Å². The molecule has 0 aliphatic heterocycles. The molecule has 0 unspecified atom stereocenters. The maximum absolute atomic E-state index is 8.58. The third kappa shape index (κ3) is 4.10. The van der Waals surface area contributed by atoms with Gasteiger partial charge in [-0.15, -0.1) is 17.0 Å². The largest absolute Gasteiger partial charge is 0.348 e. The summed E-state index contributed by atoms with van der Waals surface area (Å²) in [6, 6.07) is 0. The molecule has 1 N–H and O–H groups in total. The van der Waals surface area contributed by atoms with Crippen molar-refractivity contribution in [1.82, 2.24) is 4.57 Å². The van der Waals surface area contributed by atoms with Crippen molar-refractivity contribution >= 4 is 17.0 Å². The summed E-state index contributed by atoms with van der Waals surface area (Å²) in [5.74, 6) is 0. The summed E-state index contributed by atoms with van der Waals surface area (Å²) in [5, 5.41) is 9.50. The summed E-state index contributed by atoms with van der Waals surface area (Å²) in [4.78, 5) is 0. The van der Waals surface area contributed by atoms with Crippen LogP contribution in [0.3, 0.4) is 0 Å². The van der Waals surface area contributed by atoms with Gasteiger partial charge >= 0.3 is 0 Å². The molecule has 0 fully saturated rings. The van der Waals surface area contributed by atoms with Gasteiger partial charge < -0.3 is 9.98 Å². The molecule has 2 nitrogen and oxygen atoms in total. The SMILES string of the molecule is Br.CCCCCCCCn1c2c(c(=N)c3c1CCC3)CCCC2. The van der Waals surface area contributed by atoms with Gasteiger partial charge in [0, 0.05) is 17.9 Å². The molecule has 0 spiro atoms. The lowest BCUT2D eigenvalue weighted by atomic mass is 9.92. The number of nitrogens with zero attached hydrogens (tertiary/aromatic N) is 1. The molecule has 23 heavy (non-hydrogen) atoms. The number of fused-ring (bicyclic) bond motifs is 2. The van der Waals surface area contributed by atoms with Crippen molar-refractivity contribution in [3.63, 3.8) is 0 Å². The minimum Gasteiger partial charge on any atom is -0.348 e. The molecule has 130 valence electrons. The van der Waals surface area contributed by atoms with Gasteiger partial charge in [-0.25, -0.2) is 0 Å². The third-order valence-corrected chi connectivity index (χ3v) is 5.62. The van der Waals surface area contributed by atoms with Crippen molar-refractivity contribution < 1.29 is 0 Å². The Labute approximate surface area is 152 Å². The molecule has 0 saturated heterocycles. The van der Waals surface area contributed by atoms with Crippen LogP contribution in [0.5, 0.6) is 0 Å². The highest BCUT2D eigenvalue weighted by molar-refractivity contribution is 8.93. The summed E-state index contributed by atoms with van der Waals surface area (Å²) < 4.78 is 2.66. The Hall–Kier alpha value is -0.570. The molecule has 0 saturated carbocycles. The van der Waals surface area contributed by atoms with Crippen LogP contribution in [0.25, 0.3) is 0 Å². The van der Waals surface area contributed by atoms with Gasteiger partial charge in [0.1, 0.15) is 0 Å². The Balaban J connectivity index is 0.00000192. The van der Waals surface area contributed by atoms with Crippen LogP contribution in [0.1, 0.15) is 87.2 Å². The topological polar surface area (TPSA) is 28.8 Å². The Bertz CT molecular complexity index is 574. The van der Waals surface area contributed by atoms with Gasteiger partial charge in [0.25, 0.3) is 0 Å².